The van der Waals surface area contributed by atoms with E-state index in [2.05, 4.69) is 27.8 Å². The number of alkyl halides is 1. The lowest BCUT2D eigenvalue weighted by molar-refractivity contribution is 0.0783. The van der Waals surface area contributed by atoms with Crippen molar-refractivity contribution in [2.75, 3.05) is 31.6 Å². The molecule has 0 heterocycles. The summed E-state index contributed by atoms with van der Waals surface area (Å²) < 4.78 is 0. The summed E-state index contributed by atoms with van der Waals surface area (Å²) in [5.41, 5.74) is 0.517. The van der Waals surface area contributed by atoms with Gasteiger partial charge in [0.15, 0.2) is 0 Å². The first-order valence-electron chi connectivity index (χ1n) is 6.15. The van der Waals surface area contributed by atoms with Gasteiger partial charge in [0.1, 0.15) is 0 Å². The van der Waals surface area contributed by atoms with Gasteiger partial charge in [-0.15, -0.1) is 0 Å². The summed E-state index contributed by atoms with van der Waals surface area (Å²) in [6.07, 6.45) is 6.58. The number of unbranched alkanes of at least 4 members (excludes halogenated alkanes) is 1. The molecule has 2 nitrogen and oxygen atoms in total. The Balaban J connectivity index is 2.34. The Bertz CT molecular complexity index is 165. The molecule has 0 unspecified atom stereocenters. The van der Waals surface area contributed by atoms with Gasteiger partial charge in [0, 0.05) is 18.4 Å². The number of hydrogen-bond acceptors (Lipinski definition) is 2. The van der Waals surface area contributed by atoms with Gasteiger partial charge in [0.05, 0.1) is 6.61 Å². The van der Waals surface area contributed by atoms with E-state index in [1.165, 1.54) is 38.6 Å². The normalized spacial score (nSPS) is 19.2. The number of rotatable bonds is 8. The molecule has 15 heavy (non-hydrogen) atoms. The van der Waals surface area contributed by atoms with E-state index in [9.17, 15) is 0 Å². The lowest BCUT2D eigenvalue weighted by atomic mass is 9.70. The van der Waals surface area contributed by atoms with E-state index in [1.54, 1.807) is 0 Å². The van der Waals surface area contributed by atoms with Gasteiger partial charge in [-0.05, 0) is 31.2 Å². The van der Waals surface area contributed by atoms with Crippen LogP contribution in [0.5, 0.6) is 0 Å². The van der Waals surface area contributed by atoms with E-state index in [1.807, 2.05) is 0 Å². The highest BCUT2D eigenvalue weighted by Crippen LogP contribution is 2.42. The van der Waals surface area contributed by atoms with Gasteiger partial charge in [-0.2, -0.15) is 0 Å². The Morgan fingerprint density at radius 3 is 2.47 bits per heavy atom. The first-order valence-corrected chi connectivity index (χ1v) is 7.27. The zero-order valence-electron chi connectivity index (χ0n) is 9.84. The van der Waals surface area contributed by atoms with Crippen molar-refractivity contribution < 1.29 is 5.11 Å². The summed E-state index contributed by atoms with van der Waals surface area (Å²) in [6, 6.07) is 0. The van der Waals surface area contributed by atoms with Crippen LogP contribution in [0.1, 0.15) is 39.0 Å². The van der Waals surface area contributed by atoms with Gasteiger partial charge in [0.25, 0.3) is 0 Å². The summed E-state index contributed by atoms with van der Waals surface area (Å²) in [4.78, 5) is 2.43. The van der Waals surface area contributed by atoms with Crippen molar-refractivity contribution in [2.45, 2.75) is 39.0 Å². The number of hydrogen-bond donors (Lipinski definition) is 1. The fourth-order valence-electron chi connectivity index (χ4n) is 2.28. The van der Waals surface area contributed by atoms with Gasteiger partial charge < -0.3 is 10.0 Å². The minimum Gasteiger partial charge on any atom is -0.395 e. The third-order valence-corrected chi connectivity index (χ3v) is 4.69. The lowest BCUT2D eigenvalue weighted by Crippen LogP contribution is -2.44. The zero-order chi connectivity index (χ0) is 11.1. The maximum Gasteiger partial charge on any atom is 0.0558 e. The Hall–Kier alpha value is 0.400. The van der Waals surface area contributed by atoms with Crippen LogP contribution in [0.2, 0.25) is 0 Å². The van der Waals surface area contributed by atoms with Crippen molar-refractivity contribution in [1.29, 1.82) is 0 Å². The molecule has 0 aromatic carbocycles. The average molecular weight is 278 g/mol. The minimum absolute atomic E-state index is 0.294. The molecule has 1 aliphatic rings. The average Bonchev–Trinajstić information content (AvgIpc) is 2.20. The van der Waals surface area contributed by atoms with Crippen LogP contribution in [0.3, 0.4) is 0 Å². The van der Waals surface area contributed by atoms with Crippen LogP contribution in [0.4, 0.5) is 0 Å². The van der Waals surface area contributed by atoms with Crippen molar-refractivity contribution in [3.63, 3.8) is 0 Å². The van der Waals surface area contributed by atoms with Crippen LogP contribution in [-0.2, 0) is 0 Å². The molecule has 1 saturated carbocycles. The molecule has 1 rings (SSSR count). The number of nitrogens with zero attached hydrogens (tertiary/aromatic N) is 1. The van der Waals surface area contributed by atoms with Crippen molar-refractivity contribution in [1.82, 2.24) is 4.90 Å². The molecule has 0 radical (unpaired) electrons. The number of halogens is 1. The molecule has 0 spiro atoms. The molecular weight excluding hydrogens is 254 g/mol. The first kappa shape index (κ1) is 13.5. The molecule has 0 bridgehead atoms. The molecular formula is C12H24BrNO. The molecule has 0 aromatic heterocycles. The topological polar surface area (TPSA) is 23.5 Å². The van der Waals surface area contributed by atoms with Crippen LogP contribution in [0.25, 0.3) is 0 Å². The van der Waals surface area contributed by atoms with Gasteiger partial charge in [-0.3, -0.25) is 0 Å². The molecule has 1 N–H and O–H groups in total. The summed E-state index contributed by atoms with van der Waals surface area (Å²) in [5, 5.41) is 10.2. The predicted molar refractivity (Wildman–Crippen MR) is 68.5 cm³/mol. The Morgan fingerprint density at radius 2 is 2.07 bits per heavy atom. The smallest absolute Gasteiger partial charge is 0.0558 e. The van der Waals surface area contributed by atoms with E-state index in [0.717, 1.165) is 18.4 Å². The molecule has 0 aliphatic heterocycles. The monoisotopic (exact) mass is 277 g/mol. The quantitative estimate of drug-likeness (QED) is 0.690. The predicted octanol–water partition coefficient (Wildman–Crippen LogP) is 2.65. The molecule has 90 valence electrons. The van der Waals surface area contributed by atoms with Crippen molar-refractivity contribution >= 4 is 15.9 Å². The second kappa shape index (κ2) is 6.87. The summed E-state index contributed by atoms with van der Waals surface area (Å²) >= 11 is 3.64. The minimum atomic E-state index is 0.294. The molecule has 3 heteroatoms. The van der Waals surface area contributed by atoms with E-state index < -0.39 is 0 Å². The van der Waals surface area contributed by atoms with Crippen molar-refractivity contribution in [3.05, 3.63) is 0 Å². The fourth-order valence-corrected chi connectivity index (χ4v) is 3.02. The summed E-state index contributed by atoms with van der Waals surface area (Å²) in [6.45, 7) is 5.67. The summed E-state index contributed by atoms with van der Waals surface area (Å²) in [7, 11) is 0. The Kier molecular flexibility index (Phi) is 6.17. The highest BCUT2D eigenvalue weighted by Gasteiger charge is 2.37. The maximum absolute atomic E-state index is 9.04. The zero-order valence-corrected chi connectivity index (χ0v) is 11.4. The SMILES string of the molecule is CCCCN(CCO)CC1(CBr)CCC1. The Morgan fingerprint density at radius 1 is 1.33 bits per heavy atom. The standard InChI is InChI=1S/C12H24BrNO/c1-2-3-7-14(8-9-15)11-12(10-13)5-4-6-12/h15H,2-11H2,1H3. The molecule has 0 amide bonds. The highest BCUT2D eigenvalue weighted by atomic mass is 79.9. The molecule has 0 saturated heterocycles. The first-order chi connectivity index (χ1) is 7.26. The third-order valence-electron chi connectivity index (χ3n) is 3.50. The number of aliphatic hydroxyl groups excluding tert-OH is 1. The number of aliphatic hydroxyl groups is 1. The lowest BCUT2D eigenvalue weighted by Gasteiger charge is -2.44. The van der Waals surface area contributed by atoms with E-state index in [-0.39, 0.29) is 0 Å². The van der Waals surface area contributed by atoms with Crippen molar-refractivity contribution in [2.24, 2.45) is 5.41 Å². The van der Waals surface area contributed by atoms with Gasteiger partial charge in [-0.25, -0.2) is 0 Å². The maximum atomic E-state index is 9.04. The van der Waals surface area contributed by atoms with Gasteiger partial charge in [0.2, 0.25) is 0 Å². The second-order valence-corrected chi connectivity index (χ2v) is 5.40. The van der Waals surface area contributed by atoms with Crippen molar-refractivity contribution in [3.8, 4) is 0 Å². The molecule has 1 fully saturated rings. The molecule has 0 atom stereocenters. The highest BCUT2D eigenvalue weighted by molar-refractivity contribution is 9.09. The van der Waals surface area contributed by atoms with Crippen LogP contribution in [-0.4, -0.2) is 41.6 Å². The van der Waals surface area contributed by atoms with Gasteiger partial charge >= 0.3 is 0 Å². The largest absolute Gasteiger partial charge is 0.395 e. The van der Waals surface area contributed by atoms with E-state index in [0.29, 0.717) is 12.0 Å². The van der Waals surface area contributed by atoms with Crippen LogP contribution >= 0.6 is 15.9 Å². The third kappa shape index (κ3) is 4.04. The van der Waals surface area contributed by atoms with Crippen LogP contribution < -0.4 is 0 Å². The van der Waals surface area contributed by atoms with Crippen LogP contribution in [0, 0.1) is 5.41 Å². The van der Waals surface area contributed by atoms with E-state index in [4.69, 9.17) is 5.11 Å². The fraction of sp³-hybridized carbons (Fsp3) is 1.00. The Labute approximate surface area is 102 Å². The van der Waals surface area contributed by atoms with Crippen LogP contribution in [0.15, 0.2) is 0 Å². The summed E-state index contributed by atoms with van der Waals surface area (Å²) in [5.74, 6) is 0. The second-order valence-electron chi connectivity index (χ2n) is 4.84. The molecule has 1 aliphatic carbocycles. The van der Waals surface area contributed by atoms with E-state index >= 15 is 0 Å². The van der Waals surface area contributed by atoms with Gasteiger partial charge in [-0.1, -0.05) is 35.7 Å². The molecule has 0 aromatic rings.